The number of H-pyrrole nitrogens is 1. The van der Waals surface area contributed by atoms with Gasteiger partial charge in [0.25, 0.3) is 5.91 Å². The third-order valence-corrected chi connectivity index (χ3v) is 7.08. The second kappa shape index (κ2) is 8.75. The first-order valence-corrected chi connectivity index (χ1v) is 11.1. The van der Waals surface area contributed by atoms with Crippen molar-refractivity contribution in [3.8, 4) is 0 Å². The predicted molar refractivity (Wildman–Crippen MR) is 107 cm³/mol. The van der Waals surface area contributed by atoms with E-state index in [1.165, 1.54) is 4.90 Å². The fraction of sp³-hybridized carbons (Fsp3) is 0.400. The largest absolute Gasteiger partial charge is 0.462 e. The second-order valence-electron chi connectivity index (χ2n) is 7.12. The number of carbonyl (C=O) groups is 2. The van der Waals surface area contributed by atoms with Crippen LogP contribution in [0.4, 0.5) is 8.78 Å². The van der Waals surface area contributed by atoms with E-state index in [-0.39, 0.29) is 49.3 Å². The van der Waals surface area contributed by atoms with Crippen LogP contribution in [0.3, 0.4) is 0 Å². The minimum Gasteiger partial charge on any atom is -0.462 e. The molecule has 11 heteroatoms. The number of halogens is 2. The zero-order valence-corrected chi connectivity index (χ0v) is 18.2. The Balaban J connectivity index is 1.74. The molecule has 0 unspecified atom stereocenters. The van der Waals surface area contributed by atoms with E-state index in [2.05, 4.69) is 4.98 Å². The molecular formula is C20H23F2N3O5S. The monoisotopic (exact) mass is 455 g/mol. The summed E-state index contributed by atoms with van der Waals surface area (Å²) in [6.45, 7) is 5.42. The van der Waals surface area contributed by atoms with Crippen LogP contribution in [0.1, 0.15) is 39.0 Å². The van der Waals surface area contributed by atoms with Gasteiger partial charge in [-0.3, -0.25) is 4.79 Å². The fourth-order valence-corrected chi connectivity index (χ4v) is 4.98. The van der Waals surface area contributed by atoms with Gasteiger partial charge in [0.15, 0.2) is 11.6 Å². The first-order chi connectivity index (χ1) is 14.6. The number of aryl methyl sites for hydroxylation is 1. The Labute approximate surface area is 178 Å². The van der Waals surface area contributed by atoms with Crippen LogP contribution in [-0.4, -0.2) is 67.3 Å². The second-order valence-corrected chi connectivity index (χ2v) is 9.06. The number of nitrogens with zero attached hydrogens (tertiary/aromatic N) is 2. The molecule has 1 aliphatic rings. The standard InChI is InChI=1S/C20H23F2N3O5S/c1-4-30-20(27)17-12(2)18(23-13(17)3)19(26)24-7-9-25(10-8-24)31(28,29)14-5-6-15(21)16(22)11-14/h5-6,11,23H,4,7-10H2,1-3H3. The third-order valence-electron chi connectivity index (χ3n) is 5.19. The molecule has 1 aromatic heterocycles. The van der Waals surface area contributed by atoms with E-state index in [9.17, 15) is 26.8 Å². The number of ether oxygens (including phenoxy) is 1. The average Bonchev–Trinajstić information content (AvgIpc) is 3.03. The molecule has 8 nitrogen and oxygen atoms in total. The Bertz CT molecular complexity index is 1120. The highest BCUT2D eigenvalue weighted by atomic mass is 32.2. The van der Waals surface area contributed by atoms with Crippen LogP contribution in [0.25, 0.3) is 0 Å². The van der Waals surface area contributed by atoms with Gasteiger partial charge in [-0.15, -0.1) is 0 Å². The molecule has 31 heavy (non-hydrogen) atoms. The number of amides is 1. The summed E-state index contributed by atoms with van der Waals surface area (Å²) in [5, 5.41) is 0. The van der Waals surface area contributed by atoms with Crippen LogP contribution >= 0.6 is 0 Å². The lowest BCUT2D eigenvalue weighted by atomic mass is 10.1. The number of aromatic amines is 1. The Morgan fingerprint density at radius 2 is 1.74 bits per heavy atom. The van der Waals surface area contributed by atoms with Crippen LogP contribution in [0.15, 0.2) is 23.1 Å². The van der Waals surface area contributed by atoms with E-state index in [1.807, 2.05) is 0 Å². The van der Waals surface area contributed by atoms with Gasteiger partial charge < -0.3 is 14.6 Å². The van der Waals surface area contributed by atoms with Crippen molar-refractivity contribution in [2.24, 2.45) is 0 Å². The lowest BCUT2D eigenvalue weighted by Crippen LogP contribution is -2.50. The minimum atomic E-state index is -4.02. The zero-order chi connectivity index (χ0) is 22.9. The van der Waals surface area contributed by atoms with Crippen molar-refractivity contribution < 1.29 is 31.5 Å². The van der Waals surface area contributed by atoms with Gasteiger partial charge in [-0.2, -0.15) is 4.31 Å². The van der Waals surface area contributed by atoms with Crippen LogP contribution in [0, 0.1) is 25.5 Å². The van der Waals surface area contributed by atoms with Crippen LogP contribution in [0.5, 0.6) is 0 Å². The van der Waals surface area contributed by atoms with Gasteiger partial charge >= 0.3 is 5.97 Å². The van der Waals surface area contributed by atoms with Crippen LogP contribution in [0.2, 0.25) is 0 Å². The maximum absolute atomic E-state index is 13.5. The summed E-state index contributed by atoms with van der Waals surface area (Å²) in [6, 6.07) is 2.41. The zero-order valence-electron chi connectivity index (χ0n) is 17.4. The summed E-state index contributed by atoms with van der Waals surface area (Å²) in [5.74, 6) is -3.26. The number of carbonyl (C=O) groups excluding carboxylic acids is 2. The summed E-state index contributed by atoms with van der Waals surface area (Å²) in [5.41, 5.74) is 1.54. The van der Waals surface area contributed by atoms with Gasteiger partial charge in [0.05, 0.1) is 17.1 Å². The van der Waals surface area contributed by atoms with E-state index >= 15 is 0 Å². The Morgan fingerprint density at radius 1 is 1.10 bits per heavy atom. The number of piperazine rings is 1. The van der Waals surface area contributed by atoms with E-state index in [0.717, 1.165) is 16.4 Å². The molecule has 0 saturated carbocycles. The van der Waals surface area contributed by atoms with Gasteiger partial charge in [-0.1, -0.05) is 0 Å². The summed E-state index contributed by atoms with van der Waals surface area (Å²) >= 11 is 0. The smallest absolute Gasteiger partial charge is 0.340 e. The quantitative estimate of drug-likeness (QED) is 0.697. The van der Waals surface area contributed by atoms with Crippen molar-refractivity contribution in [2.45, 2.75) is 25.7 Å². The van der Waals surface area contributed by atoms with Crippen molar-refractivity contribution in [1.29, 1.82) is 0 Å². The molecule has 1 N–H and O–H groups in total. The lowest BCUT2D eigenvalue weighted by Gasteiger charge is -2.34. The number of nitrogens with one attached hydrogen (secondary N) is 1. The molecule has 1 saturated heterocycles. The maximum atomic E-state index is 13.5. The van der Waals surface area contributed by atoms with Gasteiger partial charge in [0.1, 0.15) is 5.69 Å². The van der Waals surface area contributed by atoms with Crippen LogP contribution in [-0.2, 0) is 14.8 Å². The van der Waals surface area contributed by atoms with E-state index in [0.29, 0.717) is 22.9 Å². The van der Waals surface area contributed by atoms with Crippen molar-refractivity contribution >= 4 is 21.9 Å². The average molecular weight is 455 g/mol. The molecule has 0 aliphatic carbocycles. The fourth-order valence-electron chi connectivity index (χ4n) is 3.55. The van der Waals surface area contributed by atoms with Crippen molar-refractivity contribution in [3.05, 3.63) is 52.3 Å². The van der Waals surface area contributed by atoms with Crippen molar-refractivity contribution in [2.75, 3.05) is 32.8 Å². The van der Waals surface area contributed by atoms with E-state index in [1.54, 1.807) is 20.8 Å². The molecule has 1 aromatic carbocycles. The molecule has 168 valence electrons. The molecule has 3 rings (SSSR count). The molecule has 1 aliphatic heterocycles. The first-order valence-electron chi connectivity index (χ1n) is 9.68. The normalized spacial score (nSPS) is 15.2. The summed E-state index contributed by atoms with van der Waals surface area (Å²) in [4.78, 5) is 29.2. The highest BCUT2D eigenvalue weighted by Crippen LogP contribution is 2.23. The number of benzene rings is 1. The number of esters is 1. The molecule has 2 heterocycles. The minimum absolute atomic E-state index is 0.00343. The SMILES string of the molecule is CCOC(=O)c1c(C)[nH]c(C(=O)N2CCN(S(=O)(=O)c3ccc(F)c(F)c3)CC2)c1C. The van der Waals surface area contributed by atoms with Gasteiger partial charge in [-0.25, -0.2) is 22.0 Å². The van der Waals surface area contributed by atoms with E-state index in [4.69, 9.17) is 4.74 Å². The highest BCUT2D eigenvalue weighted by Gasteiger charge is 2.33. The predicted octanol–water partition coefficient (Wildman–Crippen LogP) is 2.23. The summed E-state index contributed by atoms with van der Waals surface area (Å²) < 4.78 is 58.2. The highest BCUT2D eigenvalue weighted by molar-refractivity contribution is 7.89. The van der Waals surface area contributed by atoms with E-state index < -0.39 is 27.6 Å². The number of hydrogen-bond acceptors (Lipinski definition) is 5. The Kier molecular flexibility index (Phi) is 6.46. The molecule has 0 radical (unpaired) electrons. The van der Waals surface area contributed by atoms with Gasteiger partial charge in [0, 0.05) is 31.9 Å². The lowest BCUT2D eigenvalue weighted by molar-refractivity contribution is 0.0525. The van der Waals surface area contributed by atoms with Gasteiger partial charge in [0.2, 0.25) is 10.0 Å². The molecule has 1 amide bonds. The maximum Gasteiger partial charge on any atom is 0.340 e. The molecule has 2 aromatic rings. The van der Waals surface area contributed by atoms with Gasteiger partial charge in [-0.05, 0) is 44.5 Å². The summed E-state index contributed by atoms with van der Waals surface area (Å²) in [7, 11) is -4.02. The first kappa shape index (κ1) is 22.9. The molecular weight excluding hydrogens is 432 g/mol. The molecule has 0 bridgehead atoms. The van der Waals surface area contributed by atoms with Crippen LogP contribution < -0.4 is 0 Å². The van der Waals surface area contributed by atoms with Crippen molar-refractivity contribution in [1.82, 2.24) is 14.2 Å². The van der Waals surface area contributed by atoms with Crippen molar-refractivity contribution in [3.63, 3.8) is 0 Å². The Morgan fingerprint density at radius 3 is 2.32 bits per heavy atom. The Hall–Kier alpha value is -2.79. The summed E-state index contributed by atoms with van der Waals surface area (Å²) in [6.07, 6.45) is 0. The number of sulfonamides is 1. The third kappa shape index (κ3) is 4.33. The number of aromatic nitrogens is 1. The molecule has 0 atom stereocenters. The topological polar surface area (TPSA) is 99.8 Å². The number of rotatable bonds is 5. The molecule has 0 spiro atoms. The number of hydrogen-bond donors (Lipinski definition) is 1. The molecule has 1 fully saturated rings.